The first kappa shape index (κ1) is 36.9. The minimum absolute atomic E-state index is 0.876. The maximum atomic E-state index is 6.81. The Hall–Kier alpha value is -8.66. The number of furan rings is 2. The summed E-state index contributed by atoms with van der Waals surface area (Å²) in [5.74, 6) is 0. The Labute approximate surface area is 375 Å². The van der Waals surface area contributed by atoms with Crippen LogP contribution in [0.3, 0.4) is 0 Å². The van der Waals surface area contributed by atoms with Gasteiger partial charge in [-0.05, 0) is 110 Å². The number of nitrogens with zero attached hydrogens (tertiary/aromatic N) is 1. The van der Waals surface area contributed by atoms with Crippen LogP contribution in [0.15, 0.2) is 245 Å². The monoisotopic (exact) mass is 829 g/mol. The van der Waals surface area contributed by atoms with Crippen LogP contribution in [0.2, 0.25) is 0 Å². The topological polar surface area (TPSA) is 29.5 Å². The average molecular weight is 830 g/mol. The lowest BCUT2D eigenvalue weighted by Crippen LogP contribution is -2.11. The number of hydrogen-bond acceptors (Lipinski definition) is 3. The molecular weight excluding hydrogens is 791 g/mol. The fourth-order valence-electron chi connectivity index (χ4n) is 9.83. The van der Waals surface area contributed by atoms with Crippen molar-refractivity contribution in [3.63, 3.8) is 0 Å². The zero-order valence-electron chi connectivity index (χ0n) is 35.3. The number of anilines is 3. The highest BCUT2D eigenvalue weighted by Gasteiger charge is 2.21. The molecule has 0 saturated carbocycles. The van der Waals surface area contributed by atoms with Crippen molar-refractivity contribution in [2.45, 2.75) is 0 Å². The van der Waals surface area contributed by atoms with E-state index in [1.807, 2.05) is 12.1 Å². The number of rotatable bonds is 7. The van der Waals surface area contributed by atoms with Gasteiger partial charge in [-0.1, -0.05) is 176 Å². The van der Waals surface area contributed by atoms with E-state index in [9.17, 15) is 0 Å². The van der Waals surface area contributed by atoms with Crippen LogP contribution in [0.25, 0.3) is 110 Å². The molecule has 65 heavy (non-hydrogen) atoms. The van der Waals surface area contributed by atoms with Gasteiger partial charge in [0, 0.05) is 49.6 Å². The Balaban J connectivity index is 0.940. The van der Waals surface area contributed by atoms with Crippen LogP contribution in [-0.2, 0) is 0 Å². The summed E-state index contributed by atoms with van der Waals surface area (Å²) in [4.78, 5) is 2.37. The van der Waals surface area contributed by atoms with E-state index in [-0.39, 0.29) is 0 Å². The lowest BCUT2D eigenvalue weighted by Gasteiger charge is -2.28. The van der Waals surface area contributed by atoms with E-state index in [0.717, 1.165) is 94.1 Å². The molecule has 0 fully saturated rings. The van der Waals surface area contributed by atoms with Crippen molar-refractivity contribution in [1.29, 1.82) is 0 Å². The molecule has 0 unspecified atom stereocenters. The lowest BCUT2D eigenvalue weighted by molar-refractivity contribution is 0.670. The van der Waals surface area contributed by atoms with Crippen LogP contribution in [0, 0.1) is 0 Å². The van der Waals surface area contributed by atoms with Gasteiger partial charge in [0.2, 0.25) is 0 Å². The molecule has 0 aliphatic heterocycles. The number of para-hydroxylation sites is 4. The second kappa shape index (κ2) is 15.0. The first-order valence-corrected chi connectivity index (χ1v) is 22.1. The van der Waals surface area contributed by atoms with Crippen molar-refractivity contribution in [1.82, 2.24) is 0 Å². The molecule has 0 aliphatic carbocycles. The zero-order valence-corrected chi connectivity index (χ0v) is 35.3. The van der Waals surface area contributed by atoms with E-state index in [1.165, 1.54) is 32.8 Å². The van der Waals surface area contributed by atoms with Crippen LogP contribution in [0.4, 0.5) is 17.1 Å². The van der Waals surface area contributed by atoms with E-state index in [0.29, 0.717) is 0 Å². The molecule has 13 rings (SSSR count). The lowest BCUT2D eigenvalue weighted by atomic mass is 9.96. The quantitative estimate of drug-likeness (QED) is 0.160. The number of fused-ring (bicyclic) bond motifs is 8. The number of hydrogen-bond donors (Lipinski definition) is 0. The molecule has 0 N–H and O–H groups in total. The van der Waals surface area contributed by atoms with Crippen molar-refractivity contribution in [2.24, 2.45) is 0 Å². The van der Waals surface area contributed by atoms with Crippen molar-refractivity contribution in [3.8, 4) is 44.5 Å². The predicted molar refractivity (Wildman–Crippen MR) is 272 cm³/mol. The highest BCUT2D eigenvalue weighted by atomic mass is 16.3. The van der Waals surface area contributed by atoms with Crippen molar-refractivity contribution in [2.75, 3.05) is 4.90 Å². The Morgan fingerprint density at radius 3 is 1.55 bits per heavy atom. The fraction of sp³-hybridized carbons (Fsp3) is 0. The summed E-state index contributed by atoms with van der Waals surface area (Å²) in [6.45, 7) is 0. The number of benzene rings is 11. The predicted octanol–water partition coefficient (Wildman–Crippen LogP) is 17.9. The summed E-state index contributed by atoms with van der Waals surface area (Å²) in [5, 5.41) is 9.31. The molecule has 2 heterocycles. The van der Waals surface area contributed by atoms with E-state index < -0.39 is 0 Å². The SMILES string of the molecule is c1cc(-c2ccc(N(c3ccc(-c4cccc5c4oc4ccccc45)cc3)c3ccccc3-c3cccc4c3oc3cc5ccccc5cc34)cc2)cc(-c2ccc3ccccc3c2)c1. The fourth-order valence-corrected chi connectivity index (χ4v) is 9.83. The standard InChI is InChI=1S/C62H39NO2/c1-2-13-43-37-48(27-26-40(43)12-1)45-17-9-16-44(36-45)41-28-32-49(33-29-41)63(50-34-30-42(31-35-50)51-20-10-22-55-53-19-6-8-25-59(53)64-61(51)55)58-24-7-5-18-52(58)54-21-11-23-56-57-38-46-14-3-4-15-47(46)39-60(57)65-62(54)56/h1-39H. The smallest absolute Gasteiger partial charge is 0.143 e. The van der Waals surface area contributed by atoms with Crippen LogP contribution in [-0.4, -0.2) is 0 Å². The van der Waals surface area contributed by atoms with Crippen molar-refractivity contribution < 1.29 is 8.83 Å². The summed E-state index contributed by atoms with van der Waals surface area (Å²) in [6.07, 6.45) is 0. The normalized spacial score (nSPS) is 11.7. The highest BCUT2D eigenvalue weighted by molar-refractivity contribution is 6.14. The summed E-state index contributed by atoms with van der Waals surface area (Å²) >= 11 is 0. The molecular formula is C62H39NO2. The summed E-state index contributed by atoms with van der Waals surface area (Å²) in [7, 11) is 0. The molecule has 0 radical (unpaired) electrons. The molecule has 0 bridgehead atoms. The first-order chi connectivity index (χ1) is 32.2. The average Bonchev–Trinajstić information content (AvgIpc) is 3.94. The van der Waals surface area contributed by atoms with Gasteiger partial charge in [0.05, 0.1) is 5.69 Å². The summed E-state index contributed by atoms with van der Waals surface area (Å²) in [6, 6.07) is 84.7. The minimum atomic E-state index is 0.876. The molecule has 13 aromatic rings. The van der Waals surface area contributed by atoms with Gasteiger partial charge in [0.15, 0.2) is 0 Å². The maximum Gasteiger partial charge on any atom is 0.143 e. The molecule has 0 aliphatic rings. The zero-order chi connectivity index (χ0) is 42.8. The molecule has 11 aromatic carbocycles. The van der Waals surface area contributed by atoms with E-state index in [2.05, 4.69) is 229 Å². The summed E-state index contributed by atoms with van der Waals surface area (Å²) < 4.78 is 13.3. The van der Waals surface area contributed by atoms with Gasteiger partial charge in [-0.2, -0.15) is 0 Å². The van der Waals surface area contributed by atoms with Crippen LogP contribution in [0.5, 0.6) is 0 Å². The third kappa shape index (κ3) is 6.28. The molecule has 3 heteroatoms. The molecule has 0 amide bonds. The maximum absolute atomic E-state index is 6.81. The third-order valence-electron chi connectivity index (χ3n) is 13.0. The van der Waals surface area contributed by atoms with Crippen LogP contribution < -0.4 is 4.90 Å². The molecule has 2 aromatic heterocycles. The van der Waals surface area contributed by atoms with Gasteiger partial charge in [0.25, 0.3) is 0 Å². The van der Waals surface area contributed by atoms with Gasteiger partial charge in [0.1, 0.15) is 22.3 Å². The van der Waals surface area contributed by atoms with E-state index in [4.69, 9.17) is 8.83 Å². The largest absolute Gasteiger partial charge is 0.455 e. The Morgan fingerprint density at radius 2 is 0.769 bits per heavy atom. The Morgan fingerprint density at radius 1 is 0.262 bits per heavy atom. The van der Waals surface area contributed by atoms with Gasteiger partial charge < -0.3 is 13.7 Å². The first-order valence-electron chi connectivity index (χ1n) is 22.1. The van der Waals surface area contributed by atoms with Crippen molar-refractivity contribution >= 4 is 82.5 Å². The van der Waals surface area contributed by atoms with Crippen LogP contribution >= 0.6 is 0 Å². The Bertz CT molecular complexity index is 3950. The Kier molecular flexibility index (Phi) is 8.53. The second-order valence-electron chi connectivity index (χ2n) is 16.8. The van der Waals surface area contributed by atoms with Gasteiger partial charge in [-0.3, -0.25) is 0 Å². The molecule has 0 saturated heterocycles. The van der Waals surface area contributed by atoms with Gasteiger partial charge >= 0.3 is 0 Å². The second-order valence-corrected chi connectivity index (χ2v) is 16.8. The van der Waals surface area contributed by atoms with Crippen molar-refractivity contribution in [3.05, 3.63) is 237 Å². The van der Waals surface area contributed by atoms with Gasteiger partial charge in [-0.15, -0.1) is 0 Å². The van der Waals surface area contributed by atoms with E-state index in [1.54, 1.807) is 0 Å². The molecule has 304 valence electrons. The van der Waals surface area contributed by atoms with E-state index >= 15 is 0 Å². The highest BCUT2D eigenvalue weighted by Crippen LogP contribution is 2.46. The molecule has 3 nitrogen and oxygen atoms in total. The minimum Gasteiger partial charge on any atom is -0.455 e. The van der Waals surface area contributed by atoms with Gasteiger partial charge in [-0.25, -0.2) is 0 Å². The molecule has 0 atom stereocenters. The molecule has 0 spiro atoms. The van der Waals surface area contributed by atoms with Crippen LogP contribution in [0.1, 0.15) is 0 Å². The summed E-state index contributed by atoms with van der Waals surface area (Å²) in [5.41, 5.74) is 15.7. The third-order valence-corrected chi connectivity index (χ3v) is 13.0.